The van der Waals surface area contributed by atoms with E-state index in [4.69, 9.17) is 0 Å². The highest BCUT2D eigenvalue weighted by atomic mass is 16.2. The van der Waals surface area contributed by atoms with Gasteiger partial charge in [-0.25, -0.2) is 0 Å². The molecule has 7 nitrogen and oxygen atoms in total. The van der Waals surface area contributed by atoms with Crippen molar-refractivity contribution in [2.75, 3.05) is 28.6 Å². The molecule has 0 aliphatic carbocycles. The molecule has 2 unspecified atom stereocenters. The molecule has 7 heteroatoms. The van der Waals surface area contributed by atoms with Gasteiger partial charge < -0.3 is 26.2 Å². The largest absolute Gasteiger partial charge is 0.357 e. The molecule has 3 aromatic carbocycles. The molecule has 43 heavy (non-hydrogen) atoms. The zero-order chi connectivity index (χ0) is 30.0. The third-order valence-corrected chi connectivity index (χ3v) is 9.30. The lowest BCUT2D eigenvalue weighted by atomic mass is 9.87. The van der Waals surface area contributed by atoms with Gasteiger partial charge in [0.25, 0.3) is 0 Å². The Morgan fingerprint density at radius 1 is 0.651 bits per heavy atom. The summed E-state index contributed by atoms with van der Waals surface area (Å²) in [7, 11) is 0. The summed E-state index contributed by atoms with van der Waals surface area (Å²) in [6, 6.07) is 26.1. The molecule has 0 aromatic heterocycles. The Morgan fingerprint density at radius 2 is 1.09 bits per heavy atom. The zero-order valence-electron chi connectivity index (χ0n) is 25.7. The lowest BCUT2D eigenvalue weighted by Gasteiger charge is -2.34. The Bertz CT molecular complexity index is 1320. The maximum atomic E-state index is 12.6. The van der Waals surface area contributed by atoms with Crippen molar-refractivity contribution < 1.29 is 9.59 Å². The van der Waals surface area contributed by atoms with Crippen LogP contribution in [0.15, 0.2) is 72.8 Å². The van der Waals surface area contributed by atoms with E-state index in [2.05, 4.69) is 95.5 Å². The lowest BCUT2D eigenvalue weighted by Crippen LogP contribution is -2.35. The van der Waals surface area contributed by atoms with Crippen molar-refractivity contribution in [1.29, 1.82) is 0 Å². The van der Waals surface area contributed by atoms with Gasteiger partial charge in [0.05, 0.1) is 24.2 Å². The van der Waals surface area contributed by atoms with E-state index in [1.165, 1.54) is 22.4 Å². The molecule has 3 aromatic rings. The SMILES string of the molecule is CC(C)(C)c1ccc(N2C(c3ccc(NC(=O)[C@@H]4CCCN4)cc3)CCC2c2ccc(NC(=O)[C@@H]3CCCN3)cc2)cc1. The van der Waals surface area contributed by atoms with Crippen molar-refractivity contribution in [1.82, 2.24) is 10.6 Å². The van der Waals surface area contributed by atoms with E-state index in [1.807, 2.05) is 24.3 Å². The molecule has 3 aliphatic rings. The zero-order valence-corrected chi connectivity index (χ0v) is 25.7. The number of nitrogens with one attached hydrogen (secondary N) is 4. The topological polar surface area (TPSA) is 85.5 Å². The number of rotatable bonds is 7. The molecule has 3 heterocycles. The minimum Gasteiger partial charge on any atom is -0.357 e. The van der Waals surface area contributed by atoms with Gasteiger partial charge in [-0.1, -0.05) is 57.2 Å². The van der Waals surface area contributed by atoms with Crippen LogP contribution in [-0.2, 0) is 15.0 Å². The molecule has 3 fully saturated rings. The van der Waals surface area contributed by atoms with E-state index < -0.39 is 0 Å². The van der Waals surface area contributed by atoms with Crippen LogP contribution in [0, 0.1) is 0 Å². The first-order valence-corrected chi connectivity index (χ1v) is 15.9. The summed E-state index contributed by atoms with van der Waals surface area (Å²) in [4.78, 5) is 27.8. The second kappa shape index (κ2) is 12.5. The molecular weight excluding hydrogens is 534 g/mol. The van der Waals surface area contributed by atoms with Gasteiger partial charge in [0.15, 0.2) is 0 Å². The molecule has 226 valence electrons. The fourth-order valence-electron chi connectivity index (χ4n) is 6.81. The molecule has 2 amide bonds. The minimum atomic E-state index is -0.0964. The minimum absolute atomic E-state index is 0.0471. The highest BCUT2D eigenvalue weighted by molar-refractivity contribution is 5.95. The van der Waals surface area contributed by atoms with Gasteiger partial charge in [0, 0.05) is 17.1 Å². The average molecular weight is 580 g/mol. The van der Waals surface area contributed by atoms with Gasteiger partial charge in [-0.3, -0.25) is 9.59 Å². The van der Waals surface area contributed by atoms with Crippen LogP contribution >= 0.6 is 0 Å². The van der Waals surface area contributed by atoms with Crippen LogP contribution in [0.25, 0.3) is 0 Å². The van der Waals surface area contributed by atoms with Gasteiger partial charge in [-0.2, -0.15) is 0 Å². The van der Waals surface area contributed by atoms with E-state index in [0.29, 0.717) is 0 Å². The fourth-order valence-corrected chi connectivity index (χ4v) is 6.81. The van der Waals surface area contributed by atoms with Crippen LogP contribution in [0.4, 0.5) is 17.1 Å². The first-order valence-electron chi connectivity index (χ1n) is 15.9. The maximum absolute atomic E-state index is 12.6. The highest BCUT2D eigenvalue weighted by Gasteiger charge is 2.36. The number of amides is 2. The van der Waals surface area contributed by atoms with Crippen LogP contribution in [0.5, 0.6) is 0 Å². The first-order chi connectivity index (χ1) is 20.8. The predicted molar refractivity (Wildman–Crippen MR) is 175 cm³/mol. The standard InChI is InChI=1S/C36H45N5O2/c1-36(2,3)26-12-18-29(19-13-26)41-32(24-8-14-27(15-9-24)39-34(42)30-6-4-22-37-30)20-21-33(41)25-10-16-28(17-11-25)40-35(43)31-7-5-23-38-31/h8-19,30-33,37-38H,4-7,20-23H2,1-3H3,(H,39,42)(H,40,43)/t30-,31-,32?,33?/m0/s1. The van der Waals surface area contributed by atoms with Crippen molar-refractivity contribution in [3.63, 3.8) is 0 Å². The van der Waals surface area contributed by atoms with Gasteiger partial charge in [-0.05, 0) is 110 Å². The van der Waals surface area contributed by atoms with E-state index in [1.54, 1.807) is 0 Å². The van der Waals surface area contributed by atoms with Gasteiger partial charge in [0.1, 0.15) is 0 Å². The molecule has 0 bridgehead atoms. The third kappa shape index (κ3) is 6.63. The first kappa shape index (κ1) is 29.4. The predicted octanol–water partition coefficient (Wildman–Crippen LogP) is 6.45. The number of hydrogen-bond acceptors (Lipinski definition) is 5. The molecule has 3 aliphatic heterocycles. The summed E-state index contributed by atoms with van der Waals surface area (Å²) in [6.07, 6.45) is 5.91. The van der Waals surface area contributed by atoms with Crippen LogP contribution in [0.3, 0.4) is 0 Å². The highest BCUT2D eigenvalue weighted by Crippen LogP contribution is 2.47. The van der Waals surface area contributed by atoms with Crippen LogP contribution in [0.2, 0.25) is 0 Å². The monoisotopic (exact) mass is 579 g/mol. The third-order valence-electron chi connectivity index (χ3n) is 9.30. The van der Waals surface area contributed by atoms with Crippen LogP contribution in [0.1, 0.15) is 88.1 Å². The summed E-state index contributed by atoms with van der Waals surface area (Å²) in [5, 5.41) is 12.7. The maximum Gasteiger partial charge on any atom is 0.241 e. The quantitative estimate of drug-likeness (QED) is 0.259. The number of nitrogens with zero attached hydrogens (tertiary/aromatic N) is 1. The van der Waals surface area contributed by atoms with Crippen molar-refractivity contribution in [2.24, 2.45) is 0 Å². The van der Waals surface area contributed by atoms with Crippen molar-refractivity contribution in [3.8, 4) is 0 Å². The second-order valence-electron chi connectivity index (χ2n) is 13.3. The van der Waals surface area contributed by atoms with E-state index in [9.17, 15) is 9.59 Å². The van der Waals surface area contributed by atoms with Crippen LogP contribution in [-0.4, -0.2) is 37.0 Å². The second-order valence-corrected chi connectivity index (χ2v) is 13.3. The number of carbonyl (C=O) groups is 2. The normalized spacial score (nSPS) is 23.8. The Balaban J connectivity index is 1.23. The van der Waals surface area contributed by atoms with E-state index in [0.717, 1.165) is 63.0 Å². The molecule has 3 saturated heterocycles. The van der Waals surface area contributed by atoms with Crippen molar-refractivity contribution in [3.05, 3.63) is 89.5 Å². The fraction of sp³-hybridized carbons (Fsp3) is 0.444. The summed E-state index contributed by atoms with van der Waals surface area (Å²) >= 11 is 0. The number of hydrogen-bond donors (Lipinski definition) is 4. The Hall–Kier alpha value is -3.68. The van der Waals surface area contributed by atoms with Gasteiger partial charge in [-0.15, -0.1) is 0 Å². The Kier molecular flexibility index (Phi) is 8.55. The number of benzene rings is 3. The molecule has 4 N–H and O–H groups in total. The molecular formula is C36H45N5O2. The van der Waals surface area contributed by atoms with Crippen LogP contribution < -0.4 is 26.2 Å². The Morgan fingerprint density at radius 3 is 1.47 bits per heavy atom. The Labute approximate surface area is 255 Å². The molecule has 4 atom stereocenters. The van der Waals surface area contributed by atoms with Gasteiger partial charge in [0.2, 0.25) is 11.8 Å². The number of carbonyl (C=O) groups excluding carboxylic acids is 2. The molecule has 0 saturated carbocycles. The number of anilines is 3. The summed E-state index contributed by atoms with van der Waals surface area (Å²) in [5.41, 5.74) is 6.77. The average Bonchev–Trinajstić information content (AvgIpc) is 3.80. The molecule has 6 rings (SSSR count). The summed E-state index contributed by atoms with van der Waals surface area (Å²) < 4.78 is 0. The molecule has 0 radical (unpaired) electrons. The van der Waals surface area contributed by atoms with E-state index >= 15 is 0 Å². The summed E-state index contributed by atoms with van der Waals surface area (Å²) in [5.74, 6) is 0.0942. The van der Waals surface area contributed by atoms with Crippen molar-refractivity contribution in [2.45, 2.75) is 88.9 Å². The van der Waals surface area contributed by atoms with Gasteiger partial charge >= 0.3 is 0 Å². The smallest absolute Gasteiger partial charge is 0.241 e. The molecule has 0 spiro atoms. The van der Waals surface area contributed by atoms with Crippen molar-refractivity contribution >= 4 is 28.9 Å². The van der Waals surface area contributed by atoms with E-state index in [-0.39, 0.29) is 41.4 Å². The lowest BCUT2D eigenvalue weighted by molar-refractivity contribution is -0.118. The summed E-state index contributed by atoms with van der Waals surface area (Å²) in [6.45, 7) is 8.55.